The summed E-state index contributed by atoms with van der Waals surface area (Å²) in [6.07, 6.45) is 8.63. The van der Waals surface area contributed by atoms with Gasteiger partial charge in [-0.25, -0.2) is 13.9 Å². The van der Waals surface area contributed by atoms with Crippen LogP contribution in [0.1, 0.15) is 19.4 Å². The molecule has 2 heterocycles. The maximum absolute atomic E-state index is 14.2. The zero-order valence-corrected chi connectivity index (χ0v) is 13.3. The van der Waals surface area contributed by atoms with Crippen molar-refractivity contribution in [2.75, 3.05) is 11.4 Å². The Morgan fingerprint density at radius 2 is 2.21 bits per heavy atom. The minimum Gasteiger partial charge on any atom is -0.310 e. The molecule has 0 aliphatic carbocycles. The van der Waals surface area contributed by atoms with Crippen molar-refractivity contribution in [3.63, 3.8) is 0 Å². The fourth-order valence-corrected chi connectivity index (χ4v) is 2.65. The van der Waals surface area contributed by atoms with E-state index < -0.39 is 5.82 Å². The third-order valence-electron chi connectivity index (χ3n) is 3.79. The number of aromatic nitrogens is 3. The summed E-state index contributed by atoms with van der Waals surface area (Å²) in [6.45, 7) is 3.59. The molecule has 0 N–H and O–H groups in total. The number of nitrogens with zero attached hydrogens (tertiary/aromatic N) is 4. The molecule has 0 fully saturated rings. The number of rotatable bonds is 3. The van der Waals surface area contributed by atoms with Gasteiger partial charge in [-0.3, -0.25) is 4.79 Å². The molecule has 0 spiro atoms. The van der Waals surface area contributed by atoms with Crippen LogP contribution in [0.3, 0.4) is 0 Å². The molecule has 0 unspecified atom stereocenters. The van der Waals surface area contributed by atoms with Gasteiger partial charge in [-0.05, 0) is 31.2 Å². The summed E-state index contributed by atoms with van der Waals surface area (Å²) >= 11 is 0. The van der Waals surface area contributed by atoms with E-state index in [1.807, 2.05) is 0 Å². The second-order valence-corrected chi connectivity index (χ2v) is 5.20. The number of halogens is 1. The highest BCUT2D eigenvalue weighted by molar-refractivity contribution is 5.92. The molecule has 0 aliphatic heterocycles. The fourth-order valence-electron chi connectivity index (χ4n) is 2.65. The van der Waals surface area contributed by atoms with Crippen molar-refractivity contribution >= 4 is 17.2 Å². The molecule has 5 nitrogen and oxygen atoms in total. The highest BCUT2D eigenvalue weighted by atomic mass is 19.1. The van der Waals surface area contributed by atoms with Crippen LogP contribution < -0.4 is 4.90 Å². The number of fused-ring (bicyclic) bond motifs is 1. The maximum Gasteiger partial charge on any atom is 0.223 e. The third kappa shape index (κ3) is 2.50. The predicted molar refractivity (Wildman–Crippen MR) is 90.0 cm³/mol. The monoisotopic (exact) mass is 322 g/mol. The Labute approximate surface area is 138 Å². The second kappa shape index (κ2) is 6.13. The number of amides is 1. The van der Waals surface area contributed by atoms with Crippen LogP contribution in [-0.4, -0.2) is 27.0 Å². The summed E-state index contributed by atoms with van der Waals surface area (Å²) in [7, 11) is 0. The zero-order valence-electron chi connectivity index (χ0n) is 13.3. The van der Waals surface area contributed by atoms with Gasteiger partial charge in [0, 0.05) is 25.2 Å². The Morgan fingerprint density at radius 3 is 2.88 bits per heavy atom. The summed E-state index contributed by atoms with van der Waals surface area (Å²) in [4.78, 5) is 17.4. The number of hydrogen-bond donors (Lipinski definition) is 0. The van der Waals surface area contributed by atoms with Gasteiger partial charge in [0.2, 0.25) is 5.91 Å². The number of benzene rings is 1. The average molecular weight is 322 g/mol. The SMILES string of the molecule is C#Cc1cnn2c(-c3ccc(F)c(N(CC)C(C)=O)c3)ccnc12. The molecule has 0 aliphatic rings. The predicted octanol–water partition coefficient (Wildman–Crippen LogP) is 2.89. The highest BCUT2D eigenvalue weighted by Crippen LogP contribution is 2.28. The number of carbonyl (C=O) groups is 1. The quantitative estimate of drug-likeness (QED) is 0.697. The molecular formula is C18H15FN4O. The molecule has 6 heteroatoms. The van der Waals surface area contributed by atoms with Crippen molar-refractivity contribution < 1.29 is 9.18 Å². The molecule has 0 saturated carbocycles. The minimum atomic E-state index is -0.453. The van der Waals surface area contributed by atoms with Gasteiger partial charge in [0.15, 0.2) is 5.65 Å². The van der Waals surface area contributed by atoms with Gasteiger partial charge in [-0.2, -0.15) is 5.10 Å². The molecule has 1 amide bonds. The highest BCUT2D eigenvalue weighted by Gasteiger charge is 2.16. The Bertz CT molecular complexity index is 971. The zero-order chi connectivity index (χ0) is 17.3. The van der Waals surface area contributed by atoms with Crippen molar-refractivity contribution in [1.29, 1.82) is 0 Å². The van der Waals surface area contributed by atoms with Crippen LogP contribution in [0.4, 0.5) is 10.1 Å². The number of terminal acetylenes is 1. The van der Waals surface area contributed by atoms with Crippen LogP contribution in [0.25, 0.3) is 16.9 Å². The molecule has 1 aromatic carbocycles. The van der Waals surface area contributed by atoms with E-state index in [2.05, 4.69) is 16.0 Å². The lowest BCUT2D eigenvalue weighted by molar-refractivity contribution is -0.116. The normalized spacial score (nSPS) is 10.6. The molecule has 0 saturated heterocycles. The van der Waals surface area contributed by atoms with Crippen molar-refractivity contribution in [2.24, 2.45) is 0 Å². The van der Waals surface area contributed by atoms with Gasteiger partial charge in [0.05, 0.1) is 23.1 Å². The molecule has 3 rings (SSSR count). The first-order chi connectivity index (χ1) is 11.6. The lowest BCUT2D eigenvalue weighted by Crippen LogP contribution is -2.28. The number of carbonyl (C=O) groups excluding carboxylic acids is 1. The molecule has 2 aromatic heterocycles. The fraction of sp³-hybridized carbons (Fsp3) is 0.167. The van der Waals surface area contributed by atoms with Gasteiger partial charge in [-0.1, -0.05) is 5.92 Å². The van der Waals surface area contributed by atoms with Crippen molar-refractivity contribution in [3.8, 4) is 23.6 Å². The van der Waals surface area contributed by atoms with Gasteiger partial charge in [0.25, 0.3) is 0 Å². The summed E-state index contributed by atoms with van der Waals surface area (Å²) in [5, 5.41) is 4.26. The molecular weight excluding hydrogens is 307 g/mol. The molecule has 0 radical (unpaired) electrons. The topological polar surface area (TPSA) is 50.5 Å². The van der Waals surface area contributed by atoms with E-state index in [4.69, 9.17) is 6.42 Å². The van der Waals surface area contributed by atoms with Crippen LogP contribution in [0, 0.1) is 18.2 Å². The Kier molecular flexibility index (Phi) is 4.00. The van der Waals surface area contributed by atoms with Gasteiger partial charge < -0.3 is 4.90 Å². The van der Waals surface area contributed by atoms with Gasteiger partial charge in [0.1, 0.15) is 5.82 Å². The molecule has 0 bridgehead atoms. The van der Waals surface area contributed by atoms with Crippen molar-refractivity contribution in [1.82, 2.24) is 14.6 Å². The van der Waals surface area contributed by atoms with E-state index in [1.165, 1.54) is 17.9 Å². The van der Waals surface area contributed by atoms with Crippen molar-refractivity contribution in [2.45, 2.75) is 13.8 Å². The largest absolute Gasteiger partial charge is 0.310 e. The molecule has 24 heavy (non-hydrogen) atoms. The van der Waals surface area contributed by atoms with Crippen LogP contribution >= 0.6 is 0 Å². The lowest BCUT2D eigenvalue weighted by Gasteiger charge is -2.20. The first-order valence-electron chi connectivity index (χ1n) is 7.44. The number of hydrogen-bond acceptors (Lipinski definition) is 3. The van der Waals surface area contributed by atoms with Crippen LogP contribution in [-0.2, 0) is 4.79 Å². The van der Waals surface area contributed by atoms with Gasteiger partial charge in [-0.15, -0.1) is 6.42 Å². The van der Waals surface area contributed by atoms with E-state index >= 15 is 0 Å². The summed E-state index contributed by atoms with van der Waals surface area (Å²) in [6, 6.07) is 6.38. The van der Waals surface area contributed by atoms with Crippen LogP contribution in [0.5, 0.6) is 0 Å². The smallest absolute Gasteiger partial charge is 0.223 e. The summed E-state index contributed by atoms with van der Waals surface area (Å²) in [5.74, 6) is 1.86. The van der Waals surface area contributed by atoms with Gasteiger partial charge >= 0.3 is 0 Å². The van der Waals surface area contributed by atoms with Crippen LogP contribution in [0.2, 0.25) is 0 Å². The first-order valence-corrected chi connectivity index (χ1v) is 7.44. The maximum atomic E-state index is 14.2. The molecule has 120 valence electrons. The molecule has 0 atom stereocenters. The van der Waals surface area contributed by atoms with Crippen molar-refractivity contribution in [3.05, 3.63) is 48.0 Å². The van der Waals surface area contributed by atoms with E-state index in [-0.39, 0.29) is 11.6 Å². The summed E-state index contributed by atoms with van der Waals surface area (Å²) in [5.41, 5.74) is 2.79. The standard InChI is InChI=1S/C18H15FN4O/c1-4-13-11-21-23-16(8-9-20-18(13)23)14-6-7-15(19)17(10-14)22(5-2)12(3)24/h1,6-11H,5H2,2-3H3. The minimum absolute atomic E-state index is 0.220. The summed E-state index contributed by atoms with van der Waals surface area (Å²) < 4.78 is 15.8. The number of anilines is 1. The van der Waals surface area contributed by atoms with E-state index in [1.54, 1.807) is 42.0 Å². The lowest BCUT2D eigenvalue weighted by atomic mass is 10.1. The molecule has 3 aromatic rings. The van der Waals surface area contributed by atoms with E-state index in [0.29, 0.717) is 29.0 Å². The third-order valence-corrected chi connectivity index (χ3v) is 3.79. The average Bonchev–Trinajstić information content (AvgIpc) is 3.00. The first kappa shape index (κ1) is 15.7. The Hall–Kier alpha value is -3.20. The Balaban J connectivity index is 2.20. The van der Waals surface area contributed by atoms with E-state index in [9.17, 15) is 9.18 Å². The van der Waals surface area contributed by atoms with E-state index in [0.717, 1.165) is 0 Å². The second-order valence-electron chi connectivity index (χ2n) is 5.20. The van der Waals surface area contributed by atoms with Crippen LogP contribution in [0.15, 0.2) is 36.7 Å². The Morgan fingerprint density at radius 1 is 1.42 bits per heavy atom.